The van der Waals surface area contributed by atoms with Crippen LogP contribution < -0.4 is 0 Å². The fourth-order valence-corrected chi connectivity index (χ4v) is 3.84. The second-order valence-electron chi connectivity index (χ2n) is 4.90. The van der Waals surface area contributed by atoms with Gasteiger partial charge in [0.25, 0.3) is 0 Å². The van der Waals surface area contributed by atoms with Crippen molar-refractivity contribution in [3.05, 3.63) is 46.4 Å². The van der Waals surface area contributed by atoms with Gasteiger partial charge in [0.05, 0.1) is 0 Å². The molecule has 0 radical (unpaired) electrons. The van der Waals surface area contributed by atoms with Crippen LogP contribution in [0.3, 0.4) is 0 Å². The molecule has 0 aromatic heterocycles. The molecule has 0 spiro atoms. The Hall–Kier alpha value is -1.00. The summed E-state index contributed by atoms with van der Waals surface area (Å²) in [6.07, 6.45) is 4.33. The third kappa shape index (κ3) is 6.64. The van der Waals surface area contributed by atoms with Crippen molar-refractivity contribution in [3.63, 3.8) is 0 Å². The minimum absolute atomic E-state index is 0.333. The summed E-state index contributed by atoms with van der Waals surface area (Å²) < 4.78 is 1.08. The van der Waals surface area contributed by atoms with E-state index in [1.807, 2.05) is 50.3 Å². The summed E-state index contributed by atoms with van der Waals surface area (Å²) >= 11 is 0.333. The number of hydrogen-bond acceptors (Lipinski definition) is 1. The second-order valence-corrected chi connectivity index (χ2v) is 7.29. The number of hydrogen-bond donors (Lipinski definition) is 1. The van der Waals surface area contributed by atoms with Crippen molar-refractivity contribution in [1.29, 1.82) is 0 Å². The van der Waals surface area contributed by atoms with Gasteiger partial charge in [-0.2, -0.15) is 0 Å². The van der Waals surface area contributed by atoms with Crippen LogP contribution in [0.1, 0.15) is 39.2 Å². The van der Waals surface area contributed by atoms with Crippen LogP contribution in [-0.2, 0) is 0 Å². The standard InChI is InChI=1S/C17H22OSe/c1-4-5-14-19-16(17(2,3)18)13-9-12-15-10-7-6-8-11-15/h6-8,10-11,13,18H,4-5,14H2,1-3H3/b16-13-. The summed E-state index contributed by atoms with van der Waals surface area (Å²) in [5, 5.41) is 11.3. The SMILES string of the molecule is CCCC[Se]/C(=C\C#Cc1ccccc1)C(C)(C)O. The Bertz CT molecular complexity index is 458. The van der Waals surface area contributed by atoms with E-state index < -0.39 is 5.60 Å². The molecular weight excluding hydrogens is 299 g/mol. The van der Waals surface area contributed by atoms with Crippen molar-refractivity contribution < 1.29 is 5.11 Å². The van der Waals surface area contributed by atoms with E-state index >= 15 is 0 Å². The Morgan fingerprint density at radius 1 is 1.32 bits per heavy atom. The number of benzene rings is 1. The van der Waals surface area contributed by atoms with Crippen LogP contribution in [0.25, 0.3) is 0 Å². The van der Waals surface area contributed by atoms with Crippen LogP contribution >= 0.6 is 0 Å². The normalized spacial score (nSPS) is 11.9. The molecular formula is C17H22OSe. The van der Waals surface area contributed by atoms with Gasteiger partial charge in [0.2, 0.25) is 0 Å². The van der Waals surface area contributed by atoms with Crippen LogP contribution in [0.15, 0.2) is 40.9 Å². The first-order valence-electron chi connectivity index (χ1n) is 6.66. The third-order valence-corrected chi connectivity index (χ3v) is 5.53. The molecule has 1 nitrogen and oxygen atoms in total. The van der Waals surface area contributed by atoms with E-state index in [0.717, 1.165) is 10.0 Å². The molecule has 0 atom stereocenters. The van der Waals surface area contributed by atoms with Gasteiger partial charge < -0.3 is 0 Å². The van der Waals surface area contributed by atoms with Crippen molar-refractivity contribution in [2.24, 2.45) is 0 Å². The molecule has 0 heterocycles. The topological polar surface area (TPSA) is 20.2 Å². The van der Waals surface area contributed by atoms with Crippen molar-refractivity contribution in [2.45, 2.75) is 44.5 Å². The monoisotopic (exact) mass is 322 g/mol. The van der Waals surface area contributed by atoms with E-state index in [1.165, 1.54) is 18.2 Å². The van der Waals surface area contributed by atoms with Crippen LogP contribution in [-0.4, -0.2) is 25.7 Å². The van der Waals surface area contributed by atoms with Gasteiger partial charge in [-0.25, -0.2) is 0 Å². The fraction of sp³-hybridized carbons (Fsp3) is 0.412. The molecule has 0 saturated carbocycles. The summed E-state index contributed by atoms with van der Waals surface area (Å²) in [7, 11) is 0. The van der Waals surface area contributed by atoms with Crippen LogP contribution in [0.2, 0.25) is 5.32 Å². The van der Waals surface area contributed by atoms with Gasteiger partial charge >= 0.3 is 123 Å². The number of allylic oxidation sites excluding steroid dienone is 1. The van der Waals surface area contributed by atoms with Crippen molar-refractivity contribution in [1.82, 2.24) is 0 Å². The van der Waals surface area contributed by atoms with Crippen LogP contribution in [0, 0.1) is 11.8 Å². The van der Waals surface area contributed by atoms with Crippen LogP contribution in [0.5, 0.6) is 0 Å². The Morgan fingerprint density at radius 2 is 2.00 bits per heavy atom. The molecule has 0 unspecified atom stereocenters. The average Bonchev–Trinajstić information content (AvgIpc) is 2.37. The Balaban J connectivity index is 2.75. The molecule has 0 aliphatic carbocycles. The first-order valence-corrected chi connectivity index (χ1v) is 8.73. The molecule has 1 N–H and O–H groups in total. The molecule has 0 aliphatic rings. The van der Waals surface area contributed by atoms with E-state index in [2.05, 4.69) is 18.8 Å². The van der Waals surface area contributed by atoms with E-state index in [9.17, 15) is 5.11 Å². The van der Waals surface area contributed by atoms with E-state index in [1.54, 1.807) is 0 Å². The molecule has 19 heavy (non-hydrogen) atoms. The first kappa shape index (κ1) is 16.1. The molecule has 0 bridgehead atoms. The van der Waals surface area contributed by atoms with Gasteiger partial charge in [-0.1, -0.05) is 0 Å². The van der Waals surface area contributed by atoms with Gasteiger partial charge in [0.1, 0.15) is 0 Å². The van der Waals surface area contributed by atoms with Crippen molar-refractivity contribution in [2.75, 3.05) is 0 Å². The zero-order chi connectivity index (χ0) is 14.1. The maximum absolute atomic E-state index is 10.2. The van der Waals surface area contributed by atoms with Gasteiger partial charge in [-0.3, -0.25) is 0 Å². The number of aliphatic hydroxyl groups is 1. The molecule has 102 valence electrons. The summed E-state index contributed by atoms with van der Waals surface area (Å²) in [6, 6.07) is 9.93. The van der Waals surface area contributed by atoms with Crippen molar-refractivity contribution in [3.8, 4) is 11.8 Å². The molecule has 1 aromatic carbocycles. The summed E-state index contributed by atoms with van der Waals surface area (Å²) in [6.45, 7) is 5.88. The predicted molar refractivity (Wildman–Crippen MR) is 83.2 cm³/mol. The van der Waals surface area contributed by atoms with E-state index in [-0.39, 0.29) is 0 Å². The third-order valence-electron chi connectivity index (χ3n) is 2.55. The van der Waals surface area contributed by atoms with Gasteiger partial charge in [0.15, 0.2) is 0 Å². The minimum atomic E-state index is -0.751. The van der Waals surface area contributed by atoms with Gasteiger partial charge in [-0.05, 0) is 0 Å². The molecule has 2 heteroatoms. The van der Waals surface area contributed by atoms with E-state index in [4.69, 9.17) is 0 Å². The zero-order valence-corrected chi connectivity index (χ0v) is 13.7. The Kier molecular flexibility index (Phi) is 6.95. The summed E-state index contributed by atoms with van der Waals surface area (Å²) in [5.41, 5.74) is 0.258. The quantitative estimate of drug-likeness (QED) is 0.499. The first-order chi connectivity index (χ1) is 9.04. The molecule has 0 saturated heterocycles. The van der Waals surface area contributed by atoms with E-state index in [0.29, 0.717) is 15.0 Å². The Labute approximate surface area is 123 Å². The summed E-state index contributed by atoms with van der Waals surface area (Å²) in [4.78, 5) is 0. The second kappa shape index (κ2) is 8.23. The number of unbranched alkanes of at least 4 members (excludes halogenated alkanes) is 1. The molecule has 0 aliphatic heterocycles. The fourth-order valence-electron chi connectivity index (χ4n) is 1.43. The zero-order valence-electron chi connectivity index (χ0n) is 11.9. The average molecular weight is 321 g/mol. The van der Waals surface area contributed by atoms with Gasteiger partial charge in [0, 0.05) is 0 Å². The predicted octanol–water partition coefficient (Wildman–Crippen LogP) is 3.62. The molecule has 1 rings (SSSR count). The number of rotatable bonds is 5. The van der Waals surface area contributed by atoms with Crippen molar-refractivity contribution >= 4 is 15.0 Å². The summed E-state index contributed by atoms with van der Waals surface area (Å²) in [5.74, 6) is 6.19. The Morgan fingerprint density at radius 3 is 2.58 bits per heavy atom. The molecule has 0 amide bonds. The maximum atomic E-state index is 10.2. The van der Waals surface area contributed by atoms with Gasteiger partial charge in [-0.15, -0.1) is 0 Å². The molecule has 1 aromatic rings. The van der Waals surface area contributed by atoms with Crippen LogP contribution in [0.4, 0.5) is 0 Å². The molecule has 0 fully saturated rings.